The maximum atomic E-state index is 13.1. The minimum Gasteiger partial charge on any atom is -0.446 e. The van der Waals surface area contributed by atoms with Crippen molar-refractivity contribution in [2.75, 3.05) is 45.9 Å². The van der Waals surface area contributed by atoms with E-state index in [2.05, 4.69) is 46.9 Å². The van der Waals surface area contributed by atoms with Crippen molar-refractivity contribution in [2.45, 2.75) is 130 Å². The molecule has 6 rings (SSSR count). The van der Waals surface area contributed by atoms with Crippen molar-refractivity contribution in [1.82, 2.24) is 15.1 Å². The lowest BCUT2D eigenvalue weighted by molar-refractivity contribution is -0.132. The van der Waals surface area contributed by atoms with Crippen LogP contribution in [0.2, 0.25) is 0 Å². The Morgan fingerprint density at radius 2 is 1.76 bits per heavy atom. The van der Waals surface area contributed by atoms with Crippen LogP contribution in [0.15, 0.2) is 0 Å². The summed E-state index contributed by atoms with van der Waals surface area (Å²) in [5.74, 6) is 1.23. The first-order valence-corrected chi connectivity index (χ1v) is 19.3. The van der Waals surface area contributed by atoms with Gasteiger partial charge in [0.05, 0.1) is 19.3 Å². The van der Waals surface area contributed by atoms with Gasteiger partial charge in [0.2, 0.25) is 5.91 Å². The van der Waals surface area contributed by atoms with E-state index in [4.69, 9.17) is 19.9 Å². The van der Waals surface area contributed by atoms with Crippen molar-refractivity contribution in [3.05, 3.63) is 0 Å². The van der Waals surface area contributed by atoms with Gasteiger partial charge in [-0.1, -0.05) is 41.5 Å². The van der Waals surface area contributed by atoms with E-state index in [0.29, 0.717) is 30.8 Å². The smallest absolute Gasteiger partial charge is 0.410 e. The summed E-state index contributed by atoms with van der Waals surface area (Å²) in [5.41, 5.74) is 7.79. The third-order valence-corrected chi connectivity index (χ3v) is 14.4. The fourth-order valence-electron chi connectivity index (χ4n) is 11.7. The van der Waals surface area contributed by atoms with Gasteiger partial charge in [-0.05, 0) is 104 Å². The van der Waals surface area contributed by atoms with Gasteiger partial charge in [0.15, 0.2) is 0 Å². The van der Waals surface area contributed by atoms with E-state index < -0.39 is 0 Å². The molecule has 4 aliphatic carbocycles. The summed E-state index contributed by atoms with van der Waals surface area (Å²) in [5, 5.41) is 12.4. The molecule has 4 saturated carbocycles. The van der Waals surface area contributed by atoms with Crippen molar-refractivity contribution < 1.29 is 33.7 Å². The van der Waals surface area contributed by atoms with Gasteiger partial charge in [0.1, 0.15) is 18.8 Å². The van der Waals surface area contributed by atoms with Crippen molar-refractivity contribution in [1.29, 1.82) is 0 Å². The lowest BCUT2D eigenvalue weighted by atomic mass is 9.47. The second kappa shape index (κ2) is 13.8. The van der Waals surface area contributed by atoms with Gasteiger partial charge in [0, 0.05) is 37.6 Å². The van der Waals surface area contributed by atoms with Crippen LogP contribution < -0.4 is 11.1 Å². The Morgan fingerprint density at radius 1 is 1.00 bits per heavy atom. The van der Waals surface area contributed by atoms with E-state index in [0.717, 1.165) is 64.5 Å². The molecule has 278 valence electrons. The Bertz CT molecular complexity index is 1240. The van der Waals surface area contributed by atoms with Gasteiger partial charge in [-0.15, -0.1) is 0 Å². The maximum absolute atomic E-state index is 13.1. The van der Waals surface area contributed by atoms with E-state index >= 15 is 0 Å². The zero-order chi connectivity index (χ0) is 35.4. The van der Waals surface area contributed by atoms with E-state index in [9.17, 15) is 19.5 Å². The molecule has 6 fully saturated rings. The monoisotopic (exact) mass is 688 g/mol. The Hall–Kier alpha value is -2.11. The molecule has 0 radical (unpaired) electrons. The minimum atomic E-state index is -0.378. The number of aliphatic hydroxyl groups excluding tert-OH is 1. The predicted octanol–water partition coefficient (Wildman–Crippen LogP) is 4.93. The zero-order valence-corrected chi connectivity index (χ0v) is 31.0. The number of carbonyl (C=O) groups is 3. The average Bonchev–Trinajstić information content (AvgIpc) is 3.69. The molecule has 4 N–H and O–H groups in total. The third-order valence-electron chi connectivity index (χ3n) is 14.4. The Morgan fingerprint density at radius 3 is 2.41 bits per heavy atom. The summed E-state index contributed by atoms with van der Waals surface area (Å²) >= 11 is 0. The molecular weight excluding hydrogens is 624 g/mol. The zero-order valence-electron chi connectivity index (χ0n) is 31.0. The predicted molar refractivity (Wildman–Crippen MR) is 185 cm³/mol. The maximum Gasteiger partial charge on any atom is 0.410 e. The van der Waals surface area contributed by atoms with Gasteiger partial charge in [-0.3, -0.25) is 9.69 Å². The number of likely N-dealkylation sites (tertiary alicyclic amines) is 1. The van der Waals surface area contributed by atoms with Crippen molar-refractivity contribution in [3.8, 4) is 0 Å². The highest BCUT2D eigenvalue weighted by Gasteiger charge is 2.79. The number of ether oxygens (including phenoxy) is 3. The standard InChI is InChI=1S/C38H64N4O7/c1-24(2)31(49-33(45)41-15-7-16-41)27(47-19-18-43)20-25(3)21-36(6)12-13-37-23-38(37)11-10-29(48-34(46)42-17-14-40-30(44)22-42)35(4,5)28(38)9-8-26(37)32(36)39/h24-29,31-32,43H,7-23,39H2,1-6H3,(H,40,44). The van der Waals surface area contributed by atoms with Gasteiger partial charge >= 0.3 is 12.2 Å². The Labute approximate surface area is 293 Å². The van der Waals surface area contributed by atoms with Crippen LogP contribution in [0.25, 0.3) is 0 Å². The highest BCUT2D eigenvalue weighted by atomic mass is 16.6. The molecule has 0 aromatic rings. The largest absolute Gasteiger partial charge is 0.446 e. The number of amides is 3. The normalized spacial score (nSPS) is 38.2. The summed E-state index contributed by atoms with van der Waals surface area (Å²) in [7, 11) is 0. The van der Waals surface area contributed by atoms with Gasteiger partial charge < -0.3 is 35.3 Å². The molecule has 6 aliphatic rings. The van der Waals surface area contributed by atoms with E-state index in [1.54, 1.807) is 9.80 Å². The van der Waals surface area contributed by atoms with Crippen LogP contribution in [0, 0.1) is 45.3 Å². The first-order valence-electron chi connectivity index (χ1n) is 19.3. The lowest BCUT2D eigenvalue weighted by Gasteiger charge is -2.59. The SMILES string of the molecule is CC(CC(OCCO)C(OC(=O)N1CCC1)C(C)C)CC1(C)CCC23CC24CCC(OC(=O)N2CCNC(=O)C2)C(C)(C)C4CCC3C1N. The summed E-state index contributed by atoms with van der Waals surface area (Å²) in [6.07, 6.45) is 8.99. The number of carbonyl (C=O) groups excluding carboxylic acids is 3. The van der Waals surface area contributed by atoms with Crippen LogP contribution in [0.4, 0.5) is 9.59 Å². The van der Waals surface area contributed by atoms with Crippen molar-refractivity contribution >= 4 is 18.1 Å². The van der Waals surface area contributed by atoms with Crippen LogP contribution >= 0.6 is 0 Å². The van der Waals surface area contributed by atoms with Crippen LogP contribution in [0.1, 0.15) is 106 Å². The molecule has 2 heterocycles. The molecule has 0 bridgehead atoms. The summed E-state index contributed by atoms with van der Waals surface area (Å²) in [6.45, 7) is 16.1. The van der Waals surface area contributed by atoms with Gasteiger partial charge in [0.25, 0.3) is 0 Å². The van der Waals surface area contributed by atoms with Crippen molar-refractivity contribution in [2.24, 2.45) is 51.1 Å². The van der Waals surface area contributed by atoms with Gasteiger partial charge in [-0.25, -0.2) is 9.59 Å². The lowest BCUT2D eigenvalue weighted by Crippen LogP contribution is -2.59. The van der Waals surface area contributed by atoms with Crippen LogP contribution in [0.5, 0.6) is 0 Å². The third kappa shape index (κ3) is 6.58. The fraction of sp³-hybridized carbons (Fsp3) is 0.921. The molecule has 10 atom stereocenters. The van der Waals surface area contributed by atoms with E-state index in [1.807, 2.05) is 0 Å². The van der Waals surface area contributed by atoms with Crippen LogP contribution in [-0.4, -0.2) is 103 Å². The number of nitrogens with zero attached hydrogens (tertiary/aromatic N) is 2. The number of rotatable bonds is 11. The number of nitrogens with one attached hydrogen (secondary N) is 1. The molecule has 11 heteroatoms. The molecular formula is C38H64N4O7. The Kier molecular flexibility index (Phi) is 10.3. The minimum absolute atomic E-state index is 0.00188. The highest BCUT2D eigenvalue weighted by molar-refractivity contribution is 5.83. The highest BCUT2D eigenvalue weighted by Crippen LogP contribution is 2.85. The molecule has 0 aromatic carbocycles. The molecule has 10 unspecified atom stereocenters. The first kappa shape index (κ1) is 36.7. The van der Waals surface area contributed by atoms with Crippen LogP contribution in [-0.2, 0) is 19.0 Å². The van der Waals surface area contributed by atoms with Crippen LogP contribution in [0.3, 0.4) is 0 Å². The Balaban J connectivity index is 1.10. The topological polar surface area (TPSA) is 144 Å². The first-order chi connectivity index (χ1) is 23.2. The number of aliphatic hydroxyl groups is 1. The molecule has 3 amide bonds. The van der Waals surface area contributed by atoms with E-state index in [1.165, 1.54) is 12.8 Å². The molecule has 11 nitrogen and oxygen atoms in total. The quantitative estimate of drug-likeness (QED) is 0.277. The number of nitrogens with two attached hydrogens (primary N) is 1. The summed E-state index contributed by atoms with van der Waals surface area (Å²) in [6, 6.07) is 0.106. The van der Waals surface area contributed by atoms with E-state index in [-0.39, 0.29) is 89.8 Å². The number of piperazine rings is 1. The number of hydrogen-bond acceptors (Lipinski definition) is 8. The number of hydrogen-bond donors (Lipinski definition) is 3. The summed E-state index contributed by atoms with van der Waals surface area (Å²) < 4.78 is 18.4. The summed E-state index contributed by atoms with van der Waals surface area (Å²) in [4.78, 5) is 41.1. The second-order valence-electron chi connectivity index (χ2n) is 18.0. The molecule has 49 heavy (non-hydrogen) atoms. The fourth-order valence-corrected chi connectivity index (χ4v) is 11.7. The van der Waals surface area contributed by atoms with Gasteiger partial charge in [-0.2, -0.15) is 0 Å². The average molecular weight is 689 g/mol. The molecule has 2 spiro atoms. The molecule has 2 aliphatic heterocycles. The molecule has 0 aromatic heterocycles. The molecule has 2 saturated heterocycles. The van der Waals surface area contributed by atoms with Crippen molar-refractivity contribution in [3.63, 3.8) is 0 Å². The second-order valence-corrected chi connectivity index (χ2v) is 18.0.